The molecule has 0 saturated carbocycles. The summed E-state index contributed by atoms with van der Waals surface area (Å²) in [6.45, 7) is 1.23. The number of carbonyl (C=O) groups excluding carboxylic acids is 2. The molecule has 2 aromatic rings. The number of amides is 2. The molecular formula is C21H23ClN2O3. The number of halogens is 1. The number of anilines is 1. The molecule has 0 radical (unpaired) electrons. The smallest absolute Gasteiger partial charge is 0.253 e. The Kier molecular flexibility index (Phi) is 6.85. The maximum atomic E-state index is 12.5. The van der Waals surface area contributed by atoms with E-state index in [0.29, 0.717) is 35.7 Å². The molecule has 0 aromatic heterocycles. The predicted octanol–water partition coefficient (Wildman–Crippen LogP) is 3.82. The topological polar surface area (TPSA) is 67.4 Å². The Morgan fingerprint density at radius 2 is 2.00 bits per heavy atom. The van der Waals surface area contributed by atoms with Crippen LogP contribution >= 0.6 is 11.6 Å². The van der Waals surface area contributed by atoms with E-state index >= 15 is 0 Å². The highest BCUT2D eigenvalue weighted by molar-refractivity contribution is 6.30. The minimum atomic E-state index is -0.212. The van der Waals surface area contributed by atoms with E-state index in [1.54, 1.807) is 30.3 Å². The van der Waals surface area contributed by atoms with Gasteiger partial charge in [-0.2, -0.15) is 0 Å². The average Bonchev–Trinajstić information content (AvgIpc) is 3.19. The van der Waals surface area contributed by atoms with E-state index in [4.69, 9.17) is 16.3 Å². The Morgan fingerprint density at radius 3 is 2.78 bits per heavy atom. The second-order valence-electron chi connectivity index (χ2n) is 6.57. The number of aryl methyl sites for hydroxylation is 1. The molecule has 3 rings (SSSR count). The van der Waals surface area contributed by atoms with Crippen molar-refractivity contribution >= 4 is 29.1 Å². The Hall–Kier alpha value is -2.37. The fourth-order valence-corrected chi connectivity index (χ4v) is 3.27. The lowest BCUT2D eigenvalue weighted by Crippen LogP contribution is -2.32. The summed E-state index contributed by atoms with van der Waals surface area (Å²) in [5.74, 6) is -0.356. The number of hydrogen-bond acceptors (Lipinski definition) is 3. The molecule has 1 fully saturated rings. The van der Waals surface area contributed by atoms with Crippen LogP contribution in [0.3, 0.4) is 0 Å². The van der Waals surface area contributed by atoms with Crippen LogP contribution in [0.5, 0.6) is 0 Å². The molecule has 1 aliphatic rings. The SMILES string of the molecule is O=C(CCc1cccc(Cl)c1)Nc1ccccc1C(=O)NCC1CCCO1. The predicted molar refractivity (Wildman–Crippen MR) is 106 cm³/mol. The summed E-state index contributed by atoms with van der Waals surface area (Å²) >= 11 is 5.97. The van der Waals surface area contributed by atoms with Crippen LogP contribution < -0.4 is 10.6 Å². The summed E-state index contributed by atoms with van der Waals surface area (Å²) in [4.78, 5) is 24.8. The Balaban J connectivity index is 1.56. The first-order valence-electron chi connectivity index (χ1n) is 9.15. The summed E-state index contributed by atoms with van der Waals surface area (Å²) in [6, 6.07) is 14.5. The van der Waals surface area contributed by atoms with Crippen LogP contribution in [0.2, 0.25) is 5.02 Å². The monoisotopic (exact) mass is 386 g/mol. The lowest BCUT2D eigenvalue weighted by Gasteiger charge is -2.14. The largest absolute Gasteiger partial charge is 0.376 e. The van der Waals surface area contributed by atoms with Crippen molar-refractivity contribution in [1.29, 1.82) is 0 Å². The number of hydrogen-bond donors (Lipinski definition) is 2. The molecule has 0 aliphatic carbocycles. The lowest BCUT2D eigenvalue weighted by molar-refractivity contribution is -0.116. The van der Waals surface area contributed by atoms with Gasteiger partial charge in [0.05, 0.1) is 17.4 Å². The summed E-state index contributed by atoms with van der Waals surface area (Å²) in [6.07, 6.45) is 2.96. The third kappa shape index (κ3) is 5.81. The molecule has 0 bridgehead atoms. The molecule has 0 spiro atoms. The standard InChI is InChI=1S/C21H23ClN2O3/c22-16-6-3-5-15(13-16)10-11-20(25)24-19-9-2-1-8-18(19)21(26)23-14-17-7-4-12-27-17/h1-3,5-6,8-9,13,17H,4,7,10-12,14H2,(H,23,26)(H,24,25). The second kappa shape index (κ2) is 9.53. The van der Waals surface area contributed by atoms with E-state index in [0.717, 1.165) is 25.0 Å². The van der Waals surface area contributed by atoms with Crippen LogP contribution in [0, 0.1) is 0 Å². The van der Waals surface area contributed by atoms with E-state index in [9.17, 15) is 9.59 Å². The first kappa shape index (κ1) is 19.4. The Labute approximate surface area is 164 Å². The molecule has 1 unspecified atom stereocenters. The minimum absolute atomic E-state index is 0.0772. The van der Waals surface area contributed by atoms with Gasteiger partial charge >= 0.3 is 0 Å². The highest BCUT2D eigenvalue weighted by Crippen LogP contribution is 2.17. The van der Waals surface area contributed by atoms with E-state index in [-0.39, 0.29) is 17.9 Å². The Morgan fingerprint density at radius 1 is 1.15 bits per heavy atom. The molecule has 1 atom stereocenters. The van der Waals surface area contributed by atoms with E-state index in [1.807, 2.05) is 18.2 Å². The van der Waals surface area contributed by atoms with Gasteiger partial charge in [-0.25, -0.2) is 0 Å². The normalized spacial score (nSPS) is 16.1. The van der Waals surface area contributed by atoms with Crippen LogP contribution in [0.15, 0.2) is 48.5 Å². The molecule has 2 amide bonds. The van der Waals surface area contributed by atoms with Gasteiger partial charge in [-0.3, -0.25) is 9.59 Å². The van der Waals surface area contributed by atoms with Gasteiger partial charge in [0.15, 0.2) is 0 Å². The van der Waals surface area contributed by atoms with Gasteiger partial charge in [0.2, 0.25) is 5.91 Å². The first-order chi connectivity index (χ1) is 13.1. The number of rotatable bonds is 7. The molecular weight excluding hydrogens is 364 g/mol. The number of benzene rings is 2. The van der Waals surface area contributed by atoms with Crippen molar-refractivity contribution in [2.24, 2.45) is 0 Å². The number of ether oxygens (including phenoxy) is 1. The van der Waals surface area contributed by atoms with Crippen LogP contribution in [0.4, 0.5) is 5.69 Å². The third-order valence-electron chi connectivity index (χ3n) is 4.49. The fraction of sp³-hybridized carbons (Fsp3) is 0.333. The molecule has 27 heavy (non-hydrogen) atoms. The van der Waals surface area contributed by atoms with Gasteiger partial charge in [-0.05, 0) is 49.1 Å². The number of para-hydroxylation sites is 1. The van der Waals surface area contributed by atoms with Crippen LogP contribution in [-0.2, 0) is 16.0 Å². The highest BCUT2D eigenvalue weighted by Gasteiger charge is 2.18. The summed E-state index contributed by atoms with van der Waals surface area (Å²) in [5.41, 5.74) is 1.96. The van der Waals surface area contributed by atoms with Crippen molar-refractivity contribution in [2.75, 3.05) is 18.5 Å². The minimum Gasteiger partial charge on any atom is -0.376 e. The zero-order valence-electron chi connectivity index (χ0n) is 15.0. The summed E-state index contributed by atoms with van der Waals surface area (Å²) < 4.78 is 5.52. The number of nitrogens with one attached hydrogen (secondary N) is 2. The first-order valence-corrected chi connectivity index (χ1v) is 9.53. The van der Waals surface area contributed by atoms with Gasteiger partial charge < -0.3 is 15.4 Å². The van der Waals surface area contributed by atoms with Gasteiger partial charge in [-0.1, -0.05) is 35.9 Å². The summed E-state index contributed by atoms with van der Waals surface area (Å²) in [7, 11) is 0. The zero-order valence-corrected chi connectivity index (χ0v) is 15.8. The van der Waals surface area contributed by atoms with Crippen molar-refractivity contribution in [3.8, 4) is 0 Å². The second-order valence-corrected chi connectivity index (χ2v) is 7.01. The van der Waals surface area contributed by atoms with Gasteiger partial charge in [0.25, 0.3) is 5.91 Å². The lowest BCUT2D eigenvalue weighted by atomic mass is 10.1. The quantitative estimate of drug-likeness (QED) is 0.760. The molecule has 2 N–H and O–H groups in total. The molecule has 6 heteroatoms. The van der Waals surface area contributed by atoms with Crippen LogP contribution in [0.1, 0.15) is 35.2 Å². The van der Waals surface area contributed by atoms with Gasteiger partial charge in [0.1, 0.15) is 0 Å². The van der Waals surface area contributed by atoms with Crippen molar-refractivity contribution in [3.05, 3.63) is 64.7 Å². The van der Waals surface area contributed by atoms with Crippen LogP contribution in [0.25, 0.3) is 0 Å². The zero-order chi connectivity index (χ0) is 19.1. The fourth-order valence-electron chi connectivity index (χ4n) is 3.06. The third-order valence-corrected chi connectivity index (χ3v) is 4.72. The molecule has 1 heterocycles. The molecule has 142 valence electrons. The maximum absolute atomic E-state index is 12.5. The molecule has 1 aliphatic heterocycles. The maximum Gasteiger partial charge on any atom is 0.253 e. The van der Waals surface area contributed by atoms with Gasteiger partial charge in [0, 0.05) is 24.6 Å². The van der Waals surface area contributed by atoms with Crippen molar-refractivity contribution < 1.29 is 14.3 Å². The van der Waals surface area contributed by atoms with Gasteiger partial charge in [-0.15, -0.1) is 0 Å². The number of carbonyl (C=O) groups is 2. The van der Waals surface area contributed by atoms with Crippen molar-refractivity contribution in [2.45, 2.75) is 31.8 Å². The van der Waals surface area contributed by atoms with Crippen LogP contribution in [-0.4, -0.2) is 31.1 Å². The molecule has 5 nitrogen and oxygen atoms in total. The van der Waals surface area contributed by atoms with E-state index in [1.165, 1.54) is 0 Å². The summed E-state index contributed by atoms with van der Waals surface area (Å²) in [5, 5.41) is 6.38. The van der Waals surface area contributed by atoms with Crippen molar-refractivity contribution in [1.82, 2.24) is 5.32 Å². The van der Waals surface area contributed by atoms with Crippen molar-refractivity contribution in [3.63, 3.8) is 0 Å². The Bertz CT molecular complexity index is 804. The average molecular weight is 387 g/mol. The molecule has 2 aromatic carbocycles. The molecule has 1 saturated heterocycles. The van der Waals surface area contributed by atoms with E-state index in [2.05, 4.69) is 10.6 Å². The highest BCUT2D eigenvalue weighted by atomic mass is 35.5. The van der Waals surface area contributed by atoms with E-state index < -0.39 is 0 Å².